The third-order valence-electron chi connectivity index (χ3n) is 4.59. The van der Waals surface area contributed by atoms with Crippen LogP contribution in [-0.4, -0.2) is 33.2 Å². The van der Waals surface area contributed by atoms with Gasteiger partial charge in [-0.1, -0.05) is 36.0 Å². The molecular weight excluding hydrogens is 444 g/mol. The average molecular weight is 467 g/mol. The lowest BCUT2D eigenvalue weighted by molar-refractivity contribution is -0.119. The Labute approximate surface area is 193 Å². The van der Waals surface area contributed by atoms with Gasteiger partial charge >= 0.3 is 5.97 Å². The molecule has 4 aromatic rings. The molecule has 164 valence electrons. The number of nitrogens with zero attached hydrogens (tertiary/aromatic N) is 3. The summed E-state index contributed by atoms with van der Waals surface area (Å²) in [4.78, 5) is 29.0. The van der Waals surface area contributed by atoms with Crippen molar-refractivity contribution in [3.63, 3.8) is 0 Å². The van der Waals surface area contributed by atoms with Crippen LogP contribution >= 0.6 is 23.1 Å². The second-order valence-corrected chi connectivity index (χ2v) is 9.57. The van der Waals surface area contributed by atoms with E-state index in [1.54, 1.807) is 52.2 Å². The van der Waals surface area contributed by atoms with E-state index in [2.05, 4.69) is 21.5 Å². The Morgan fingerprint density at radius 1 is 1.12 bits per heavy atom. The Kier molecular flexibility index (Phi) is 6.87. The van der Waals surface area contributed by atoms with Crippen LogP contribution in [0.1, 0.15) is 35.8 Å². The molecule has 0 unspecified atom stereocenters. The van der Waals surface area contributed by atoms with E-state index in [9.17, 15) is 9.59 Å². The predicted octanol–water partition coefficient (Wildman–Crippen LogP) is 5.16. The lowest BCUT2D eigenvalue weighted by Crippen LogP contribution is -2.23. The van der Waals surface area contributed by atoms with Crippen molar-refractivity contribution in [2.75, 3.05) is 11.9 Å². The van der Waals surface area contributed by atoms with Crippen molar-refractivity contribution in [3.05, 3.63) is 71.9 Å². The standard InChI is InChI=1S/C23H22N4O3S2/c1-15(2)27-20(11-12-24-27)26-21(28)13-30-22(29)17-9-7-16(8-10-17)14-31-23-25-18-5-3-4-6-19(18)32-23/h3-12,15H,13-14H2,1-2H3,(H,26,28). The van der Waals surface area contributed by atoms with Crippen LogP contribution in [0.3, 0.4) is 0 Å². The number of carbonyl (C=O) groups excluding carboxylic acids is 2. The molecule has 4 rings (SSSR count). The number of amides is 1. The molecule has 2 aromatic heterocycles. The van der Waals surface area contributed by atoms with Crippen LogP contribution in [0, 0.1) is 0 Å². The van der Waals surface area contributed by atoms with Gasteiger partial charge in [0.25, 0.3) is 5.91 Å². The maximum atomic E-state index is 12.3. The summed E-state index contributed by atoms with van der Waals surface area (Å²) in [6.07, 6.45) is 1.61. The zero-order chi connectivity index (χ0) is 22.5. The van der Waals surface area contributed by atoms with Gasteiger partial charge in [0.1, 0.15) is 5.82 Å². The summed E-state index contributed by atoms with van der Waals surface area (Å²) in [5.74, 6) is 0.365. The first-order valence-corrected chi connectivity index (χ1v) is 11.9. The fourth-order valence-electron chi connectivity index (χ4n) is 3.01. The number of esters is 1. The van der Waals surface area contributed by atoms with Crippen molar-refractivity contribution < 1.29 is 14.3 Å². The van der Waals surface area contributed by atoms with Crippen molar-refractivity contribution in [1.82, 2.24) is 14.8 Å². The van der Waals surface area contributed by atoms with Gasteiger partial charge in [-0.3, -0.25) is 4.79 Å². The molecule has 0 bridgehead atoms. The maximum Gasteiger partial charge on any atom is 0.338 e. The van der Waals surface area contributed by atoms with Crippen LogP contribution in [0.5, 0.6) is 0 Å². The van der Waals surface area contributed by atoms with Gasteiger partial charge in [0, 0.05) is 17.9 Å². The third-order valence-corrected chi connectivity index (χ3v) is 6.84. The van der Waals surface area contributed by atoms with E-state index in [-0.39, 0.29) is 12.6 Å². The van der Waals surface area contributed by atoms with E-state index in [1.165, 1.54) is 4.70 Å². The molecule has 2 heterocycles. The van der Waals surface area contributed by atoms with Gasteiger partial charge < -0.3 is 10.1 Å². The number of thiazole rings is 1. The van der Waals surface area contributed by atoms with Crippen molar-refractivity contribution >= 4 is 51.0 Å². The van der Waals surface area contributed by atoms with Crippen LogP contribution in [0.25, 0.3) is 10.2 Å². The number of rotatable bonds is 8. The highest BCUT2D eigenvalue weighted by Crippen LogP contribution is 2.31. The number of fused-ring (bicyclic) bond motifs is 1. The highest BCUT2D eigenvalue weighted by molar-refractivity contribution is 8.00. The first-order chi connectivity index (χ1) is 15.5. The Hall–Kier alpha value is -3.17. The Balaban J connectivity index is 1.27. The molecule has 7 nitrogen and oxygen atoms in total. The van der Waals surface area contributed by atoms with Gasteiger partial charge in [-0.15, -0.1) is 11.3 Å². The van der Waals surface area contributed by atoms with Gasteiger partial charge in [-0.25, -0.2) is 14.5 Å². The molecule has 0 saturated heterocycles. The zero-order valence-corrected chi connectivity index (χ0v) is 19.3. The summed E-state index contributed by atoms with van der Waals surface area (Å²) < 4.78 is 9.02. The lowest BCUT2D eigenvalue weighted by Gasteiger charge is -2.12. The largest absolute Gasteiger partial charge is 0.452 e. The molecule has 0 fully saturated rings. The van der Waals surface area contributed by atoms with Crippen LogP contribution in [0.15, 0.2) is 65.1 Å². The summed E-state index contributed by atoms with van der Waals surface area (Å²) in [5, 5.41) is 6.86. The van der Waals surface area contributed by atoms with Crippen LogP contribution in [0.2, 0.25) is 0 Å². The molecule has 0 aliphatic carbocycles. The second-order valence-electron chi connectivity index (χ2n) is 7.31. The van der Waals surface area contributed by atoms with Gasteiger partial charge in [0.15, 0.2) is 10.9 Å². The summed E-state index contributed by atoms with van der Waals surface area (Å²) in [6, 6.07) is 17.1. The molecule has 0 spiro atoms. The van der Waals surface area contributed by atoms with Gasteiger partial charge in [0.2, 0.25) is 0 Å². The molecule has 1 amide bonds. The van der Waals surface area contributed by atoms with Crippen LogP contribution in [0.4, 0.5) is 5.82 Å². The molecule has 0 aliphatic rings. The molecular formula is C23H22N4O3S2. The minimum atomic E-state index is -0.539. The number of thioether (sulfide) groups is 1. The summed E-state index contributed by atoms with van der Waals surface area (Å²) >= 11 is 3.34. The number of benzene rings is 2. The van der Waals surface area contributed by atoms with Gasteiger partial charge in [0.05, 0.1) is 22.0 Å². The van der Waals surface area contributed by atoms with Crippen molar-refractivity contribution in [3.8, 4) is 0 Å². The van der Waals surface area contributed by atoms with Gasteiger partial charge in [-0.2, -0.15) is 5.10 Å². The normalized spacial score (nSPS) is 11.1. The number of hydrogen-bond donors (Lipinski definition) is 1. The molecule has 0 saturated carbocycles. The number of anilines is 1. The van der Waals surface area contributed by atoms with Gasteiger partial charge in [-0.05, 0) is 43.7 Å². The average Bonchev–Trinajstić information content (AvgIpc) is 3.43. The monoisotopic (exact) mass is 466 g/mol. The van der Waals surface area contributed by atoms with E-state index < -0.39 is 11.9 Å². The number of aromatic nitrogens is 3. The minimum absolute atomic E-state index is 0.106. The third kappa shape index (κ3) is 5.35. The van der Waals surface area contributed by atoms with Crippen molar-refractivity contribution in [2.45, 2.75) is 30.0 Å². The minimum Gasteiger partial charge on any atom is -0.452 e. The molecule has 9 heteroatoms. The smallest absolute Gasteiger partial charge is 0.338 e. The summed E-state index contributed by atoms with van der Waals surface area (Å²) in [5.41, 5.74) is 2.49. The molecule has 1 N–H and O–H groups in total. The number of hydrogen-bond acceptors (Lipinski definition) is 7. The molecule has 2 aromatic carbocycles. The first kappa shape index (κ1) is 22.0. The van der Waals surface area contributed by atoms with E-state index in [0.29, 0.717) is 11.4 Å². The topological polar surface area (TPSA) is 86.1 Å². The lowest BCUT2D eigenvalue weighted by atomic mass is 10.1. The second kappa shape index (κ2) is 9.97. The quantitative estimate of drug-likeness (QED) is 0.285. The SMILES string of the molecule is CC(C)n1nccc1NC(=O)COC(=O)c1ccc(CSc2nc3ccccc3s2)cc1. The van der Waals surface area contributed by atoms with E-state index in [0.717, 1.165) is 21.2 Å². The van der Waals surface area contributed by atoms with Crippen molar-refractivity contribution in [1.29, 1.82) is 0 Å². The first-order valence-electron chi connectivity index (χ1n) is 10.1. The number of nitrogens with one attached hydrogen (secondary N) is 1. The maximum absolute atomic E-state index is 12.3. The van der Waals surface area contributed by atoms with Crippen LogP contribution in [-0.2, 0) is 15.3 Å². The van der Waals surface area contributed by atoms with E-state index in [4.69, 9.17) is 4.74 Å². The Morgan fingerprint density at radius 2 is 1.91 bits per heavy atom. The highest BCUT2D eigenvalue weighted by Gasteiger charge is 2.13. The fourth-order valence-corrected chi connectivity index (χ4v) is 5.04. The number of carbonyl (C=O) groups is 2. The zero-order valence-electron chi connectivity index (χ0n) is 17.6. The summed E-state index contributed by atoms with van der Waals surface area (Å²) in [6.45, 7) is 3.56. The van der Waals surface area contributed by atoms with E-state index >= 15 is 0 Å². The van der Waals surface area contributed by atoms with E-state index in [1.807, 2.05) is 44.2 Å². The predicted molar refractivity (Wildman–Crippen MR) is 127 cm³/mol. The fraction of sp³-hybridized carbons (Fsp3) is 0.217. The number of ether oxygens (including phenoxy) is 1. The molecule has 0 aliphatic heterocycles. The molecule has 0 atom stereocenters. The molecule has 0 radical (unpaired) electrons. The van der Waals surface area contributed by atoms with Crippen molar-refractivity contribution in [2.24, 2.45) is 0 Å². The highest BCUT2D eigenvalue weighted by atomic mass is 32.2. The Morgan fingerprint density at radius 3 is 2.66 bits per heavy atom. The number of para-hydroxylation sites is 1. The Bertz CT molecular complexity index is 1200. The summed E-state index contributed by atoms with van der Waals surface area (Å²) in [7, 11) is 0. The van der Waals surface area contributed by atoms with Crippen LogP contribution < -0.4 is 5.32 Å². The molecule has 32 heavy (non-hydrogen) atoms.